The van der Waals surface area contributed by atoms with Crippen molar-refractivity contribution in [2.24, 2.45) is 0 Å². The highest BCUT2D eigenvalue weighted by Gasteiger charge is 2.36. The Morgan fingerprint density at radius 1 is 1.12 bits per heavy atom. The summed E-state index contributed by atoms with van der Waals surface area (Å²) in [6.45, 7) is 16.1. The molecule has 0 spiro atoms. The maximum Gasteiger partial charge on any atom is 0.305 e. The number of aryl methyl sites for hydroxylation is 1. The molecule has 3 aromatic rings. The van der Waals surface area contributed by atoms with Crippen molar-refractivity contribution in [3.8, 4) is 5.69 Å². The fourth-order valence-electron chi connectivity index (χ4n) is 3.54. The van der Waals surface area contributed by atoms with Gasteiger partial charge in [-0.25, -0.2) is 4.98 Å². The lowest BCUT2D eigenvalue weighted by Gasteiger charge is -2.36. The predicted molar refractivity (Wildman–Crippen MR) is 142 cm³/mol. The Labute approximate surface area is 209 Å². The summed E-state index contributed by atoms with van der Waals surface area (Å²) >= 11 is 6.55. The van der Waals surface area contributed by atoms with Gasteiger partial charge in [0.1, 0.15) is 12.4 Å². The van der Waals surface area contributed by atoms with Crippen molar-refractivity contribution in [3.63, 3.8) is 0 Å². The zero-order chi connectivity index (χ0) is 25.1. The second kappa shape index (κ2) is 10.6. The number of carbonyl (C=O) groups excluding carboxylic acids is 1. The van der Waals surface area contributed by atoms with Crippen LogP contribution in [0.3, 0.4) is 0 Å². The molecule has 1 heterocycles. The Kier molecular flexibility index (Phi) is 8.27. The summed E-state index contributed by atoms with van der Waals surface area (Å²) in [4.78, 5) is 16.4. The lowest BCUT2D eigenvalue weighted by atomic mass is 10.1. The van der Waals surface area contributed by atoms with Gasteiger partial charge >= 0.3 is 5.97 Å². The van der Waals surface area contributed by atoms with Crippen LogP contribution in [-0.4, -0.2) is 30.4 Å². The Morgan fingerprint density at radius 3 is 2.38 bits per heavy atom. The maximum absolute atomic E-state index is 11.5. The molecule has 0 fully saturated rings. The molecule has 0 atom stereocenters. The van der Waals surface area contributed by atoms with Crippen LogP contribution < -0.4 is 0 Å². The van der Waals surface area contributed by atoms with E-state index in [0.29, 0.717) is 11.4 Å². The van der Waals surface area contributed by atoms with E-state index in [9.17, 15) is 4.79 Å². The van der Waals surface area contributed by atoms with Gasteiger partial charge in [-0.05, 0) is 54.4 Å². The minimum atomic E-state index is -1.73. The first-order valence-corrected chi connectivity index (χ1v) is 15.3. The molecule has 0 saturated heterocycles. The molecular weight excluding hydrogens is 464 g/mol. The summed E-state index contributed by atoms with van der Waals surface area (Å²) in [6.07, 6.45) is 2.02. The largest absolute Gasteiger partial charge is 0.461 e. The molecule has 7 heteroatoms. The van der Waals surface area contributed by atoms with Gasteiger partial charge in [0.05, 0.1) is 11.0 Å². The van der Waals surface area contributed by atoms with E-state index >= 15 is 0 Å². The summed E-state index contributed by atoms with van der Waals surface area (Å²) < 4.78 is 13.8. The standard InChI is InChI=1S/C27H37ClN2O3Si/c1-8-25-29-23-16-20(18-32-26(31)9-2)22(28)17-24(23)30(25)21-12-10-19(11-13-21)14-15-33-34(6,7)27(3,4)5/h10-13,16-17H,8-9,14-15,18H2,1-7H3. The van der Waals surface area contributed by atoms with E-state index in [-0.39, 0.29) is 17.6 Å². The van der Waals surface area contributed by atoms with Crippen molar-refractivity contribution < 1.29 is 14.0 Å². The SMILES string of the molecule is CCC(=O)OCc1cc2nc(CC)n(-c3ccc(CCO[Si](C)(C)C(C)(C)C)cc3)c2cc1Cl. The van der Waals surface area contributed by atoms with Crippen LogP contribution in [0.1, 0.15) is 58.0 Å². The van der Waals surface area contributed by atoms with Crippen LogP contribution in [0.4, 0.5) is 0 Å². The van der Waals surface area contributed by atoms with Crippen LogP contribution in [0, 0.1) is 0 Å². The predicted octanol–water partition coefficient (Wildman–Crippen LogP) is 7.26. The second-order valence-electron chi connectivity index (χ2n) is 10.2. The van der Waals surface area contributed by atoms with Crippen molar-refractivity contribution >= 4 is 36.9 Å². The molecule has 0 aliphatic carbocycles. The summed E-state index contributed by atoms with van der Waals surface area (Å²) in [5, 5.41) is 0.786. The molecule has 0 saturated carbocycles. The number of ether oxygens (including phenoxy) is 1. The van der Waals surface area contributed by atoms with Crippen LogP contribution in [0.2, 0.25) is 23.2 Å². The van der Waals surface area contributed by atoms with Crippen LogP contribution in [0.5, 0.6) is 0 Å². The summed E-state index contributed by atoms with van der Waals surface area (Å²) in [7, 11) is -1.73. The highest BCUT2D eigenvalue weighted by atomic mass is 35.5. The molecule has 0 amide bonds. The van der Waals surface area contributed by atoms with E-state index in [1.165, 1.54) is 5.56 Å². The molecule has 0 aliphatic rings. The molecule has 0 aliphatic heterocycles. The smallest absolute Gasteiger partial charge is 0.305 e. The van der Waals surface area contributed by atoms with Crippen LogP contribution >= 0.6 is 11.6 Å². The van der Waals surface area contributed by atoms with Gasteiger partial charge in [-0.3, -0.25) is 9.36 Å². The van der Waals surface area contributed by atoms with Gasteiger partial charge in [0.15, 0.2) is 8.32 Å². The van der Waals surface area contributed by atoms with Gasteiger partial charge < -0.3 is 9.16 Å². The van der Waals surface area contributed by atoms with Gasteiger partial charge in [0.2, 0.25) is 0 Å². The highest BCUT2D eigenvalue weighted by Crippen LogP contribution is 2.36. The monoisotopic (exact) mass is 500 g/mol. The number of rotatable bonds is 9. The van der Waals surface area contributed by atoms with E-state index in [0.717, 1.165) is 47.6 Å². The number of carbonyl (C=O) groups is 1. The number of esters is 1. The van der Waals surface area contributed by atoms with Crippen LogP contribution in [0.25, 0.3) is 16.7 Å². The first-order valence-electron chi connectivity index (χ1n) is 12.1. The number of fused-ring (bicyclic) bond motifs is 1. The molecule has 184 valence electrons. The average molecular weight is 501 g/mol. The van der Waals surface area contributed by atoms with Crippen LogP contribution in [-0.2, 0) is 33.4 Å². The number of aromatic nitrogens is 2. The van der Waals surface area contributed by atoms with E-state index in [1.54, 1.807) is 6.92 Å². The van der Waals surface area contributed by atoms with E-state index < -0.39 is 8.32 Å². The fourth-order valence-corrected chi connectivity index (χ4v) is 4.80. The quantitative estimate of drug-likeness (QED) is 0.229. The Morgan fingerprint density at radius 2 is 1.79 bits per heavy atom. The third kappa shape index (κ3) is 5.91. The van der Waals surface area contributed by atoms with E-state index in [4.69, 9.17) is 25.7 Å². The number of hydrogen-bond donors (Lipinski definition) is 0. The van der Waals surface area contributed by atoms with Crippen molar-refractivity contribution in [2.45, 2.75) is 78.6 Å². The summed E-state index contributed by atoms with van der Waals surface area (Å²) in [5.41, 5.74) is 4.86. The molecular formula is C27H37ClN2O3Si. The van der Waals surface area contributed by atoms with Gasteiger partial charge in [0.25, 0.3) is 0 Å². The number of nitrogens with zero attached hydrogens (tertiary/aromatic N) is 2. The topological polar surface area (TPSA) is 53.3 Å². The minimum Gasteiger partial charge on any atom is -0.461 e. The number of imidazole rings is 1. The third-order valence-electron chi connectivity index (χ3n) is 6.74. The summed E-state index contributed by atoms with van der Waals surface area (Å²) in [6, 6.07) is 12.4. The molecule has 5 nitrogen and oxygen atoms in total. The zero-order valence-corrected chi connectivity index (χ0v) is 23.3. The van der Waals surface area contributed by atoms with Crippen molar-refractivity contribution in [1.82, 2.24) is 9.55 Å². The number of benzene rings is 2. The highest BCUT2D eigenvalue weighted by molar-refractivity contribution is 6.74. The normalized spacial score (nSPS) is 12.4. The lowest BCUT2D eigenvalue weighted by Crippen LogP contribution is -2.41. The number of halogens is 1. The second-order valence-corrected chi connectivity index (χ2v) is 15.4. The fraction of sp³-hybridized carbons (Fsp3) is 0.481. The van der Waals surface area contributed by atoms with Crippen molar-refractivity contribution in [1.29, 1.82) is 0 Å². The molecule has 0 radical (unpaired) electrons. The van der Waals surface area contributed by atoms with E-state index in [1.807, 2.05) is 12.1 Å². The third-order valence-corrected chi connectivity index (χ3v) is 11.6. The van der Waals surface area contributed by atoms with Crippen LogP contribution in [0.15, 0.2) is 36.4 Å². The van der Waals surface area contributed by atoms with Crippen molar-refractivity contribution in [3.05, 3.63) is 58.4 Å². The Bertz CT molecular complexity index is 1150. The Balaban J connectivity index is 1.81. The summed E-state index contributed by atoms with van der Waals surface area (Å²) in [5.74, 6) is 0.716. The Hall–Kier alpha value is -2.15. The zero-order valence-electron chi connectivity index (χ0n) is 21.5. The van der Waals surface area contributed by atoms with E-state index in [2.05, 4.69) is 69.6 Å². The molecule has 3 rings (SSSR count). The number of hydrogen-bond acceptors (Lipinski definition) is 4. The first-order chi connectivity index (χ1) is 16.0. The molecule has 1 aromatic heterocycles. The first kappa shape index (κ1) is 26.5. The molecule has 0 bridgehead atoms. The van der Waals surface area contributed by atoms with Gasteiger partial charge in [-0.15, -0.1) is 0 Å². The lowest BCUT2D eigenvalue weighted by molar-refractivity contribution is -0.144. The minimum absolute atomic E-state index is 0.154. The molecule has 0 unspecified atom stereocenters. The maximum atomic E-state index is 11.5. The molecule has 34 heavy (non-hydrogen) atoms. The van der Waals surface area contributed by atoms with Crippen molar-refractivity contribution in [2.75, 3.05) is 6.61 Å². The van der Waals surface area contributed by atoms with Gasteiger partial charge in [-0.1, -0.05) is 58.4 Å². The average Bonchev–Trinajstić information content (AvgIpc) is 3.14. The molecule has 0 N–H and O–H groups in total. The van der Waals surface area contributed by atoms with Gasteiger partial charge in [0, 0.05) is 35.7 Å². The van der Waals surface area contributed by atoms with Gasteiger partial charge in [-0.2, -0.15) is 0 Å². The molecule has 2 aromatic carbocycles.